The van der Waals surface area contributed by atoms with Gasteiger partial charge in [0.05, 0.1) is 18.3 Å². The van der Waals surface area contributed by atoms with E-state index in [-0.39, 0.29) is 6.04 Å². The van der Waals surface area contributed by atoms with Crippen molar-refractivity contribution < 1.29 is 4.74 Å². The third kappa shape index (κ3) is 2.87. The van der Waals surface area contributed by atoms with E-state index in [1.165, 1.54) is 0 Å². The Balaban J connectivity index is 2.30. The average Bonchev–Trinajstić information content (AvgIpc) is 2.42. The zero-order valence-electron chi connectivity index (χ0n) is 10.8. The van der Waals surface area contributed by atoms with Gasteiger partial charge in [-0.15, -0.1) is 0 Å². The molecule has 1 unspecified atom stereocenters. The Labute approximate surface area is 108 Å². The van der Waals surface area contributed by atoms with E-state index in [9.17, 15) is 0 Å². The zero-order chi connectivity index (χ0) is 12.8. The van der Waals surface area contributed by atoms with Crippen molar-refractivity contribution in [1.29, 1.82) is 0 Å². The minimum absolute atomic E-state index is 0.0895. The van der Waals surface area contributed by atoms with Crippen molar-refractivity contribution in [3.8, 4) is 5.75 Å². The fraction of sp³-hybridized carbons (Fsp3) is 0.267. The second kappa shape index (κ2) is 6.17. The number of hydrogen-bond acceptors (Lipinski definition) is 3. The molecule has 1 N–H and O–H groups in total. The average molecular weight is 242 g/mol. The summed E-state index contributed by atoms with van der Waals surface area (Å²) in [5.41, 5.74) is 2.16. The molecule has 2 aromatic rings. The normalized spacial score (nSPS) is 12.1. The number of aromatic nitrogens is 1. The molecule has 1 aromatic heterocycles. The van der Waals surface area contributed by atoms with Crippen molar-refractivity contribution in [3.63, 3.8) is 0 Å². The molecule has 3 heteroatoms. The lowest BCUT2D eigenvalue weighted by Crippen LogP contribution is -2.18. The summed E-state index contributed by atoms with van der Waals surface area (Å²) < 4.78 is 5.53. The Hall–Kier alpha value is -1.87. The van der Waals surface area contributed by atoms with Crippen LogP contribution in [0.3, 0.4) is 0 Å². The third-order valence-electron chi connectivity index (χ3n) is 2.77. The van der Waals surface area contributed by atoms with E-state index in [0.29, 0.717) is 6.61 Å². The minimum atomic E-state index is 0.0895. The van der Waals surface area contributed by atoms with Crippen LogP contribution in [0.25, 0.3) is 0 Å². The first-order valence-electron chi connectivity index (χ1n) is 6.16. The van der Waals surface area contributed by atoms with E-state index in [1.807, 2.05) is 50.5 Å². The van der Waals surface area contributed by atoms with Gasteiger partial charge in [0, 0.05) is 6.20 Å². The lowest BCUT2D eigenvalue weighted by molar-refractivity contribution is 0.339. The molecule has 0 aliphatic heterocycles. The molecule has 0 aliphatic rings. The quantitative estimate of drug-likeness (QED) is 0.875. The number of nitrogens with one attached hydrogen (secondary N) is 1. The highest BCUT2D eigenvalue weighted by molar-refractivity contribution is 5.34. The molecule has 18 heavy (non-hydrogen) atoms. The molecular formula is C15H18N2O. The molecule has 1 atom stereocenters. The second-order valence-electron chi connectivity index (χ2n) is 3.98. The van der Waals surface area contributed by atoms with Crippen molar-refractivity contribution in [2.75, 3.05) is 13.7 Å². The van der Waals surface area contributed by atoms with Gasteiger partial charge in [0.25, 0.3) is 0 Å². The van der Waals surface area contributed by atoms with E-state index < -0.39 is 0 Å². The summed E-state index contributed by atoms with van der Waals surface area (Å²) in [6.07, 6.45) is 1.81. The summed E-state index contributed by atoms with van der Waals surface area (Å²) in [5.74, 6) is 0.895. The summed E-state index contributed by atoms with van der Waals surface area (Å²) in [6.45, 7) is 2.66. The molecule has 0 saturated carbocycles. The van der Waals surface area contributed by atoms with Crippen molar-refractivity contribution in [1.82, 2.24) is 10.3 Å². The largest absolute Gasteiger partial charge is 0.494 e. The maximum absolute atomic E-state index is 5.53. The highest BCUT2D eigenvalue weighted by Crippen LogP contribution is 2.23. The highest BCUT2D eigenvalue weighted by Gasteiger charge is 2.13. The minimum Gasteiger partial charge on any atom is -0.494 e. The van der Waals surface area contributed by atoms with Crippen LogP contribution in [-0.4, -0.2) is 18.6 Å². The van der Waals surface area contributed by atoms with Crippen molar-refractivity contribution in [3.05, 3.63) is 59.9 Å². The highest BCUT2D eigenvalue weighted by atomic mass is 16.5. The molecule has 0 saturated heterocycles. The molecule has 94 valence electrons. The number of benzene rings is 1. The van der Waals surface area contributed by atoms with Crippen LogP contribution in [0, 0.1) is 0 Å². The third-order valence-corrected chi connectivity index (χ3v) is 2.77. The maximum Gasteiger partial charge on any atom is 0.119 e. The van der Waals surface area contributed by atoms with Crippen LogP contribution >= 0.6 is 0 Å². The molecule has 1 heterocycles. The molecule has 0 aliphatic carbocycles. The molecule has 0 spiro atoms. The Kier molecular flexibility index (Phi) is 4.31. The van der Waals surface area contributed by atoms with Gasteiger partial charge in [-0.3, -0.25) is 4.98 Å². The van der Waals surface area contributed by atoms with E-state index in [4.69, 9.17) is 4.74 Å². The first-order valence-corrected chi connectivity index (χ1v) is 6.16. The number of nitrogens with zero attached hydrogens (tertiary/aromatic N) is 1. The maximum atomic E-state index is 5.53. The molecular weight excluding hydrogens is 224 g/mol. The summed E-state index contributed by atoms with van der Waals surface area (Å²) in [5, 5.41) is 3.29. The predicted molar refractivity (Wildman–Crippen MR) is 72.8 cm³/mol. The van der Waals surface area contributed by atoms with Crippen LogP contribution in [0.5, 0.6) is 5.75 Å². The van der Waals surface area contributed by atoms with Crippen LogP contribution in [0.2, 0.25) is 0 Å². The van der Waals surface area contributed by atoms with E-state index in [2.05, 4.69) is 22.4 Å². The number of hydrogen-bond donors (Lipinski definition) is 1. The van der Waals surface area contributed by atoms with Gasteiger partial charge in [0.2, 0.25) is 0 Å². The smallest absolute Gasteiger partial charge is 0.119 e. The van der Waals surface area contributed by atoms with Gasteiger partial charge >= 0.3 is 0 Å². The topological polar surface area (TPSA) is 34.1 Å². The predicted octanol–water partition coefficient (Wildman–Crippen LogP) is 2.79. The first-order chi connectivity index (χ1) is 8.85. The summed E-state index contributed by atoms with van der Waals surface area (Å²) in [4.78, 5) is 4.40. The van der Waals surface area contributed by atoms with Gasteiger partial charge in [-0.2, -0.15) is 0 Å². The van der Waals surface area contributed by atoms with Crippen LogP contribution in [0.1, 0.15) is 24.2 Å². The lowest BCUT2D eigenvalue weighted by Gasteiger charge is -2.17. The number of pyridine rings is 1. The van der Waals surface area contributed by atoms with Gasteiger partial charge in [0.1, 0.15) is 5.75 Å². The van der Waals surface area contributed by atoms with Gasteiger partial charge in [0.15, 0.2) is 0 Å². The molecule has 0 bridgehead atoms. The summed E-state index contributed by atoms with van der Waals surface area (Å²) in [6, 6.07) is 14.1. The monoisotopic (exact) mass is 242 g/mol. The molecule has 1 aromatic carbocycles. The Morgan fingerprint density at radius 3 is 2.78 bits per heavy atom. The van der Waals surface area contributed by atoms with E-state index in [0.717, 1.165) is 17.0 Å². The Bertz CT molecular complexity index is 485. The van der Waals surface area contributed by atoms with Crippen molar-refractivity contribution >= 4 is 0 Å². The number of rotatable bonds is 5. The molecule has 0 amide bonds. The van der Waals surface area contributed by atoms with Crippen molar-refractivity contribution in [2.45, 2.75) is 13.0 Å². The fourth-order valence-electron chi connectivity index (χ4n) is 1.98. The van der Waals surface area contributed by atoms with Gasteiger partial charge < -0.3 is 10.1 Å². The SMILES string of the molecule is CCOc1cccc(C(NC)c2ccccn2)c1. The van der Waals surface area contributed by atoms with Crippen molar-refractivity contribution in [2.24, 2.45) is 0 Å². The Morgan fingerprint density at radius 2 is 2.11 bits per heavy atom. The zero-order valence-corrected chi connectivity index (χ0v) is 10.8. The van der Waals surface area contributed by atoms with Crippen LogP contribution in [0.4, 0.5) is 0 Å². The summed E-state index contributed by atoms with van der Waals surface area (Å²) >= 11 is 0. The Morgan fingerprint density at radius 1 is 1.22 bits per heavy atom. The number of ether oxygens (including phenoxy) is 1. The lowest BCUT2D eigenvalue weighted by atomic mass is 10.0. The fourth-order valence-corrected chi connectivity index (χ4v) is 1.98. The van der Waals surface area contributed by atoms with Gasteiger partial charge in [-0.05, 0) is 43.8 Å². The van der Waals surface area contributed by atoms with Crippen LogP contribution in [0.15, 0.2) is 48.7 Å². The van der Waals surface area contributed by atoms with E-state index >= 15 is 0 Å². The van der Waals surface area contributed by atoms with Gasteiger partial charge in [-0.1, -0.05) is 18.2 Å². The van der Waals surface area contributed by atoms with E-state index in [1.54, 1.807) is 0 Å². The van der Waals surface area contributed by atoms with Gasteiger partial charge in [-0.25, -0.2) is 0 Å². The van der Waals surface area contributed by atoms with Crippen LogP contribution < -0.4 is 10.1 Å². The molecule has 3 nitrogen and oxygen atoms in total. The second-order valence-corrected chi connectivity index (χ2v) is 3.98. The molecule has 0 radical (unpaired) electrons. The summed E-state index contributed by atoms with van der Waals surface area (Å²) in [7, 11) is 1.94. The van der Waals surface area contributed by atoms with Crippen LogP contribution in [-0.2, 0) is 0 Å². The molecule has 0 fully saturated rings. The standard InChI is InChI=1S/C15H18N2O/c1-3-18-13-8-6-7-12(11-13)15(16-2)14-9-4-5-10-17-14/h4-11,15-16H,3H2,1-2H3. The molecule has 2 rings (SSSR count). The first kappa shape index (κ1) is 12.6.